The van der Waals surface area contributed by atoms with E-state index in [1.54, 1.807) is 25.1 Å². The Morgan fingerprint density at radius 2 is 2.02 bits per heavy atom. The lowest BCUT2D eigenvalue weighted by molar-refractivity contribution is 0.0455. The van der Waals surface area contributed by atoms with Gasteiger partial charge in [0.2, 0.25) is 0 Å². The highest BCUT2D eigenvalue weighted by Crippen LogP contribution is 2.46. The second-order valence-corrected chi connectivity index (χ2v) is 14.5. The van der Waals surface area contributed by atoms with Crippen LogP contribution in [0.15, 0.2) is 48.6 Å². The third-order valence-corrected chi connectivity index (χ3v) is 11.7. The molecule has 1 spiro atoms. The molecule has 0 radical (unpaired) electrons. The van der Waals surface area contributed by atoms with Gasteiger partial charge in [-0.2, -0.15) is 12.7 Å². The fourth-order valence-electron chi connectivity index (χ4n) is 7.44. The average molecular weight is 614 g/mol. The number of amides is 1. The van der Waals surface area contributed by atoms with Crippen molar-refractivity contribution in [2.45, 2.75) is 69.9 Å². The summed E-state index contributed by atoms with van der Waals surface area (Å²) in [5.74, 6) is 0.396. The van der Waals surface area contributed by atoms with E-state index >= 15 is 0 Å². The normalized spacial score (nSPS) is 32.0. The lowest BCUT2D eigenvalue weighted by atomic mass is 9.68. The number of fused-ring (bicyclic) bond motifs is 4. The first-order valence-electron chi connectivity index (χ1n) is 15.1. The van der Waals surface area contributed by atoms with Gasteiger partial charge in [0.05, 0.1) is 18.4 Å². The van der Waals surface area contributed by atoms with E-state index in [4.69, 9.17) is 16.3 Å². The van der Waals surface area contributed by atoms with Crippen LogP contribution in [0.2, 0.25) is 5.02 Å². The number of carbonyl (C=O) groups is 1. The number of ether oxygens (including phenoxy) is 1. The number of nitrogens with one attached hydrogen (secondary N) is 1. The smallest absolute Gasteiger partial charge is 0.304 e. The maximum atomic E-state index is 13.4. The zero-order chi connectivity index (χ0) is 29.6. The molecule has 2 aromatic carbocycles. The van der Waals surface area contributed by atoms with Gasteiger partial charge in [-0.3, -0.25) is 4.79 Å². The molecule has 4 aliphatic rings. The van der Waals surface area contributed by atoms with Crippen molar-refractivity contribution in [1.82, 2.24) is 9.03 Å². The lowest BCUT2D eigenvalue weighted by Gasteiger charge is -2.45. The Morgan fingerprint density at radius 3 is 2.79 bits per heavy atom. The lowest BCUT2D eigenvalue weighted by Crippen LogP contribution is -2.49. The van der Waals surface area contributed by atoms with E-state index in [9.17, 15) is 18.3 Å². The first-order valence-corrected chi connectivity index (χ1v) is 16.9. The summed E-state index contributed by atoms with van der Waals surface area (Å²) in [6.45, 7) is 5.67. The molecular weight excluding hydrogens is 574 g/mol. The van der Waals surface area contributed by atoms with Crippen molar-refractivity contribution >= 4 is 33.4 Å². The minimum atomic E-state index is -4.09. The fraction of sp³-hybridized carbons (Fsp3) is 0.531. The van der Waals surface area contributed by atoms with Crippen LogP contribution in [0, 0.1) is 11.8 Å². The van der Waals surface area contributed by atoms with E-state index < -0.39 is 22.2 Å². The summed E-state index contributed by atoms with van der Waals surface area (Å²) in [6.07, 6.45) is 8.43. The van der Waals surface area contributed by atoms with Gasteiger partial charge >= 0.3 is 10.2 Å². The zero-order valence-corrected chi connectivity index (χ0v) is 25.8. The molecule has 2 bridgehead atoms. The van der Waals surface area contributed by atoms with Gasteiger partial charge in [0.1, 0.15) is 5.75 Å². The topological polar surface area (TPSA) is 99.2 Å². The first kappa shape index (κ1) is 29.5. The van der Waals surface area contributed by atoms with Crippen LogP contribution in [0.25, 0.3) is 0 Å². The number of benzene rings is 2. The third-order valence-electron chi connectivity index (χ3n) is 9.81. The molecule has 0 saturated heterocycles. The predicted octanol–water partition coefficient (Wildman–Crippen LogP) is 4.85. The molecule has 1 amide bonds. The molecule has 8 nitrogen and oxygen atoms in total. The molecular formula is C32H40ClN3O5S. The Hall–Kier alpha value is -2.59. The van der Waals surface area contributed by atoms with Crippen molar-refractivity contribution in [1.29, 1.82) is 0 Å². The van der Waals surface area contributed by atoms with E-state index in [2.05, 4.69) is 21.8 Å². The van der Waals surface area contributed by atoms with Gasteiger partial charge in [0.25, 0.3) is 5.91 Å². The van der Waals surface area contributed by atoms with Crippen LogP contribution >= 0.6 is 11.6 Å². The summed E-state index contributed by atoms with van der Waals surface area (Å²) in [5.41, 5.74) is 3.28. The number of aryl methyl sites for hydroxylation is 1. The van der Waals surface area contributed by atoms with Gasteiger partial charge in [-0.25, -0.2) is 4.72 Å². The molecule has 5 atom stereocenters. The fourth-order valence-corrected chi connectivity index (χ4v) is 9.00. The number of anilines is 1. The summed E-state index contributed by atoms with van der Waals surface area (Å²) >= 11 is 6.38. The Morgan fingerprint density at radius 1 is 1.19 bits per heavy atom. The summed E-state index contributed by atoms with van der Waals surface area (Å²) in [7, 11) is -4.09. The highest BCUT2D eigenvalue weighted by molar-refractivity contribution is 7.87. The highest BCUT2D eigenvalue weighted by atomic mass is 35.5. The molecule has 42 heavy (non-hydrogen) atoms. The number of rotatable bonds is 1. The molecule has 2 aliphatic carbocycles. The summed E-state index contributed by atoms with van der Waals surface area (Å²) < 4.78 is 36.7. The first-order chi connectivity index (χ1) is 20.1. The SMILES string of the molecule is CCN1[C@@H](C)C/C=C/[C@H](O)[C@@H]2CC[C@H]2CN2C[C@@]3(CCCc4cc(Cl)ccc43)COc3ccc(cc32)C(=O)NS1(=O)=O. The molecule has 0 aromatic heterocycles. The van der Waals surface area contributed by atoms with Crippen LogP contribution in [-0.2, 0) is 22.0 Å². The summed E-state index contributed by atoms with van der Waals surface area (Å²) in [6, 6.07) is 11.0. The minimum Gasteiger partial charge on any atom is -0.490 e. The monoisotopic (exact) mass is 613 g/mol. The van der Waals surface area contributed by atoms with Gasteiger partial charge in [0.15, 0.2) is 0 Å². The molecule has 1 saturated carbocycles. The quantitative estimate of drug-likeness (QED) is 0.447. The average Bonchev–Trinajstić information content (AvgIpc) is 3.07. The maximum Gasteiger partial charge on any atom is 0.304 e. The van der Waals surface area contributed by atoms with E-state index in [0.717, 1.165) is 42.8 Å². The number of halogens is 1. The van der Waals surface area contributed by atoms with Gasteiger partial charge in [-0.05, 0) is 98.7 Å². The van der Waals surface area contributed by atoms with Crippen molar-refractivity contribution < 1.29 is 23.1 Å². The van der Waals surface area contributed by atoms with Crippen LogP contribution in [0.4, 0.5) is 5.69 Å². The molecule has 2 heterocycles. The predicted molar refractivity (Wildman–Crippen MR) is 164 cm³/mol. The molecule has 226 valence electrons. The Kier molecular flexibility index (Phi) is 8.06. The van der Waals surface area contributed by atoms with Crippen molar-refractivity contribution in [3.8, 4) is 5.75 Å². The Balaban J connectivity index is 1.42. The number of aliphatic hydroxyl groups is 1. The second kappa shape index (κ2) is 11.5. The number of hydrogen-bond donors (Lipinski definition) is 2. The van der Waals surface area contributed by atoms with Gasteiger partial charge in [-0.15, -0.1) is 0 Å². The molecule has 2 aromatic rings. The van der Waals surface area contributed by atoms with E-state index in [-0.39, 0.29) is 35.4 Å². The standard InChI is InChI=1S/C32H40ClN3O5S/c1-3-36-21(2)6-4-8-29(37)26-12-9-24(26)18-35-19-32(15-5-7-22-16-25(33)11-13-27(22)32)20-41-30-14-10-23(17-28(30)35)31(38)34-42(36,39)40/h4,8,10-11,13-14,16-17,21,24,26,29,37H,3,5-7,9,12,15,18-20H2,1-2H3,(H,34,38)/b8-4+/t21-,24-,26+,29-,32-/m0/s1. The van der Waals surface area contributed by atoms with Crippen LogP contribution in [0.1, 0.15) is 67.4 Å². The molecule has 1 fully saturated rings. The van der Waals surface area contributed by atoms with Crippen LogP contribution < -0.4 is 14.4 Å². The van der Waals surface area contributed by atoms with Crippen molar-refractivity contribution in [3.63, 3.8) is 0 Å². The minimum absolute atomic E-state index is 0.114. The highest BCUT2D eigenvalue weighted by Gasteiger charge is 2.44. The largest absolute Gasteiger partial charge is 0.490 e. The number of aliphatic hydroxyl groups excluding tert-OH is 1. The molecule has 2 N–H and O–H groups in total. The number of carbonyl (C=O) groups excluding carboxylic acids is 1. The Bertz CT molecular complexity index is 1500. The molecule has 2 aliphatic heterocycles. The van der Waals surface area contributed by atoms with Crippen molar-refractivity contribution in [3.05, 3.63) is 70.3 Å². The van der Waals surface area contributed by atoms with E-state index in [1.165, 1.54) is 15.4 Å². The maximum absolute atomic E-state index is 13.4. The van der Waals surface area contributed by atoms with Gasteiger partial charge < -0.3 is 14.7 Å². The van der Waals surface area contributed by atoms with Crippen molar-refractivity contribution in [2.24, 2.45) is 11.8 Å². The van der Waals surface area contributed by atoms with Gasteiger partial charge in [-0.1, -0.05) is 36.7 Å². The number of hydrogen-bond acceptors (Lipinski definition) is 6. The van der Waals surface area contributed by atoms with Crippen LogP contribution in [0.5, 0.6) is 5.75 Å². The van der Waals surface area contributed by atoms with E-state index in [1.807, 2.05) is 25.1 Å². The summed E-state index contributed by atoms with van der Waals surface area (Å²) in [4.78, 5) is 15.7. The van der Waals surface area contributed by atoms with Crippen LogP contribution in [0.3, 0.4) is 0 Å². The third kappa shape index (κ3) is 5.45. The van der Waals surface area contributed by atoms with Crippen molar-refractivity contribution in [2.75, 3.05) is 31.1 Å². The molecule has 10 heteroatoms. The summed E-state index contributed by atoms with van der Waals surface area (Å²) in [5, 5.41) is 11.9. The molecule has 6 rings (SSSR count). The van der Waals surface area contributed by atoms with Crippen LogP contribution in [-0.4, -0.2) is 62.1 Å². The molecule has 0 unspecified atom stereocenters. The zero-order valence-electron chi connectivity index (χ0n) is 24.3. The van der Waals surface area contributed by atoms with Gasteiger partial charge in [0, 0.05) is 41.7 Å². The second-order valence-electron chi connectivity index (χ2n) is 12.4. The Labute approximate surface area is 253 Å². The van der Waals surface area contributed by atoms with E-state index in [0.29, 0.717) is 31.9 Å². The number of nitrogens with zero attached hydrogens (tertiary/aromatic N) is 2.